The summed E-state index contributed by atoms with van der Waals surface area (Å²) >= 11 is 0. The van der Waals surface area contributed by atoms with Crippen molar-refractivity contribution in [1.29, 1.82) is 0 Å². The lowest BCUT2D eigenvalue weighted by Crippen LogP contribution is -2.55. The van der Waals surface area contributed by atoms with Gasteiger partial charge in [-0.15, -0.1) is 0 Å². The summed E-state index contributed by atoms with van der Waals surface area (Å²) in [4.78, 5) is 30.4. The minimum absolute atomic E-state index is 0.0241. The van der Waals surface area contributed by atoms with Gasteiger partial charge in [-0.3, -0.25) is 13.9 Å². The first-order valence-corrected chi connectivity index (χ1v) is 17.6. The van der Waals surface area contributed by atoms with Crippen molar-refractivity contribution in [2.45, 2.75) is 69.0 Å². The van der Waals surface area contributed by atoms with E-state index in [2.05, 4.69) is 5.32 Å². The van der Waals surface area contributed by atoms with Crippen molar-refractivity contribution in [2.75, 3.05) is 18.0 Å². The Morgan fingerprint density at radius 2 is 1.47 bits per heavy atom. The van der Waals surface area contributed by atoms with Crippen LogP contribution in [-0.2, 0) is 32.6 Å². The number of nitrogens with one attached hydrogen (secondary N) is 1. The summed E-state index contributed by atoms with van der Waals surface area (Å²) < 4.78 is 34.7. The van der Waals surface area contributed by atoms with Crippen LogP contribution in [0.4, 0.5) is 5.69 Å². The van der Waals surface area contributed by atoms with Gasteiger partial charge in [0.1, 0.15) is 18.3 Å². The van der Waals surface area contributed by atoms with E-state index in [9.17, 15) is 18.0 Å². The van der Waals surface area contributed by atoms with Gasteiger partial charge in [0.05, 0.1) is 17.7 Å². The Bertz CT molecular complexity index is 1720. The van der Waals surface area contributed by atoms with E-state index < -0.39 is 28.5 Å². The van der Waals surface area contributed by atoms with E-state index in [1.165, 1.54) is 19.2 Å². The van der Waals surface area contributed by atoms with Gasteiger partial charge in [-0.1, -0.05) is 97.6 Å². The predicted molar refractivity (Wildman–Crippen MR) is 185 cm³/mol. The normalized spacial score (nSPS) is 14.2. The first kappa shape index (κ1) is 33.7. The smallest absolute Gasteiger partial charge is 0.264 e. The molecule has 1 saturated carbocycles. The van der Waals surface area contributed by atoms with Crippen LogP contribution in [-0.4, -0.2) is 50.9 Å². The average Bonchev–Trinajstić information content (AvgIpc) is 3.10. The maximum atomic E-state index is 14.6. The first-order valence-electron chi connectivity index (χ1n) is 16.2. The zero-order chi connectivity index (χ0) is 33.2. The maximum Gasteiger partial charge on any atom is 0.264 e. The van der Waals surface area contributed by atoms with Crippen molar-refractivity contribution in [1.82, 2.24) is 10.2 Å². The fourth-order valence-electron chi connectivity index (χ4n) is 6.10. The fourth-order valence-corrected chi connectivity index (χ4v) is 7.52. The van der Waals surface area contributed by atoms with Gasteiger partial charge in [-0.2, -0.15) is 0 Å². The molecule has 1 aliphatic carbocycles. The van der Waals surface area contributed by atoms with Gasteiger partial charge in [0.2, 0.25) is 11.8 Å². The van der Waals surface area contributed by atoms with Gasteiger partial charge >= 0.3 is 0 Å². The topological polar surface area (TPSA) is 96.0 Å². The maximum absolute atomic E-state index is 14.6. The molecule has 4 aromatic carbocycles. The van der Waals surface area contributed by atoms with E-state index in [4.69, 9.17) is 4.74 Å². The SMILES string of the molecule is COc1ccc(S(=O)(=O)N(CC(=O)N(Cc2cccc(C)c2)C(Cc2ccccc2)C(=O)NC2CCCCC2)c2ccccc2)cc1. The van der Waals surface area contributed by atoms with Crippen molar-refractivity contribution in [3.05, 3.63) is 126 Å². The molecule has 2 amide bonds. The Labute approximate surface area is 278 Å². The summed E-state index contributed by atoms with van der Waals surface area (Å²) in [6.07, 6.45) is 5.34. The first-order chi connectivity index (χ1) is 22.7. The monoisotopic (exact) mass is 653 g/mol. The van der Waals surface area contributed by atoms with Crippen LogP contribution in [0.1, 0.15) is 48.8 Å². The van der Waals surface area contributed by atoms with Crippen molar-refractivity contribution in [2.24, 2.45) is 0 Å². The molecule has 1 N–H and O–H groups in total. The highest BCUT2D eigenvalue weighted by molar-refractivity contribution is 7.92. The minimum atomic E-state index is -4.19. The Kier molecular flexibility index (Phi) is 11.3. The molecular weight excluding hydrogens is 611 g/mol. The number of nitrogens with zero attached hydrogens (tertiary/aromatic N) is 2. The van der Waals surface area contributed by atoms with Crippen molar-refractivity contribution < 1.29 is 22.7 Å². The summed E-state index contributed by atoms with van der Waals surface area (Å²) in [5.74, 6) is -0.193. The molecule has 0 radical (unpaired) electrons. The molecule has 0 heterocycles. The molecule has 1 atom stereocenters. The van der Waals surface area contributed by atoms with Crippen molar-refractivity contribution in [3.63, 3.8) is 0 Å². The number of aryl methyl sites for hydroxylation is 1. The number of amides is 2. The molecule has 4 aromatic rings. The Hall–Kier alpha value is -4.63. The summed E-state index contributed by atoms with van der Waals surface area (Å²) in [6, 6.07) is 31.3. The van der Waals surface area contributed by atoms with Crippen molar-refractivity contribution in [3.8, 4) is 5.75 Å². The summed E-state index contributed by atoms with van der Waals surface area (Å²) in [6.45, 7) is 1.62. The molecule has 0 aliphatic heterocycles. The summed E-state index contributed by atoms with van der Waals surface area (Å²) in [5, 5.41) is 3.25. The average molecular weight is 654 g/mol. The number of ether oxygens (including phenoxy) is 1. The van der Waals surface area contributed by atoms with Crippen LogP contribution in [0.15, 0.2) is 114 Å². The van der Waals surface area contributed by atoms with E-state index >= 15 is 0 Å². The molecule has 1 unspecified atom stereocenters. The molecule has 0 spiro atoms. The largest absolute Gasteiger partial charge is 0.497 e. The van der Waals surface area contributed by atoms with Crippen LogP contribution < -0.4 is 14.4 Å². The zero-order valence-electron chi connectivity index (χ0n) is 27.0. The van der Waals surface area contributed by atoms with Gasteiger partial charge in [0.15, 0.2) is 0 Å². The van der Waals surface area contributed by atoms with Gasteiger partial charge < -0.3 is 15.0 Å². The number of hydrogen-bond acceptors (Lipinski definition) is 5. The van der Waals surface area contributed by atoms with Crippen LogP contribution >= 0.6 is 0 Å². The van der Waals surface area contributed by atoms with Crippen LogP contribution in [0.5, 0.6) is 5.75 Å². The van der Waals surface area contributed by atoms with Crippen molar-refractivity contribution >= 4 is 27.5 Å². The second kappa shape index (κ2) is 15.8. The third kappa shape index (κ3) is 8.80. The molecule has 5 rings (SSSR count). The van der Waals surface area contributed by atoms with Crippen LogP contribution in [0.3, 0.4) is 0 Å². The third-order valence-electron chi connectivity index (χ3n) is 8.63. The van der Waals surface area contributed by atoms with Gasteiger partial charge in [-0.25, -0.2) is 8.42 Å². The number of benzene rings is 4. The molecule has 0 saturated heterocycles. The lowest BCUT2D eigenvalue weighted by atomic mass is 9.94. The Balaban J connectivity index is 1.54. The van der Waals surface area contributed by atoms with Gasteiger partial charge in [0.25, 0.3) is 10.0 Å². The molecule has 1 aliphatic rings. The number of sulfonamides is 1. The number of hydrogen-bond donors (Lipinski definition) is 1. The quantitative estimate of drug-likeness (QED) is 0.183. The molecule has 246 valence electrons. The number of rotatable bonds is 13. The fraction of sp³-hybridized carbons (Fsp3) is 0.316. The molecular formula is C38H43N3O5S. The molecule has 47 heavy (non-hydrogen) atoms. The summed E-state index contributed by atoms with van der Waals surface area (Å²) in [7, 11) is -2.67. The van der Waals surface area contributed by atoms with Gasteiger partial charge in [0, 0.05) is 19.0 Å². The van der Waals surface area contributed by atoms with E-state index in [0.29, 0.717) is 11.4 Å². The number of carbonyl (C=O) groups is 2. The van der Waals surface area contributed by atoms with E-state index in [0.717, 1.165) is 53.1 Å². The van der Waals surface area contributed by atoms with E-state index in [1.807, 2.05) is 61.5 Å². The van der Waals surface area contributed by atoms with Crippen LogP contribution in [0.25, 0.3) is 0 Å². The highest BCUT2D eigenvalue weighted by atomic mass is 32.2. The van der Waals surface area contributed by atoms with Gasteiger partial charge in [-0.05, 0) is 67.3 Å². The predicted octanol–water partition coefficient (Wildman–Crippen LogP) is 6.29. The number of methoxy groups -OCH3 is 1. The highest BCUT2D eigenvalue weighted by Crippen LogP contribution is 2.27. The zero-order valence-corrected chi connectivity index (χ0v) is 27.9. The standard InChI is InChI=1S/C38H43N3O5S/c1-29-13-12-16-31(25-29)27-40(36(26-30-14-6-3-7-15-30)38(43)39-32-17-8-4-9-18-32)37(42)28-41(33-19-10-5-11-20-33)47(44,45)35-23-21-34(46-2)22-24-35/h3,5-7,10-16,19-25,32,36H,4,8-9,17-18,26-28H2,1-2H3,(H,39,43). The molecule has 9 heteroatoms. The second-order valence-corrected chi connectivity index (χ2v) is 13.9. The Morgan fingerprint density at radius 1 is 0.830 bits per heavy atom. The lowest BCUT2D eigenvalue weighted by Gasteiger charge is -2.35. The minimum Gasteiger partial charge on any atom is -0.497 e. The van der Waals surface area contributed by atoms with Crippen LogP contribution in [0, 0.1) is 6.92 Å². The summed E-state index contributed by atoms with van der Waals surface area (Å²) in [5.41, 5.74) is 3.13. The molecule has 0 aromatic heterocycles. The second-order valence-electron chi connectivity index (χ2n) is 12.1. The third-order valence-corrected chi connectivity index (χ3v) is 10.4. The Morgan fingerprint density at radius 3 is 2.11 bits per heavy atom. The molecule has 8 nitrogen and oxygen atoms in total. The van der Waals surface area contributed by atoms with E-state index in [1.54, 1.807) is 47.4 Å². The molecule has 0 bridgehead atoms. The van der Waals surface area contributed by atoms with E-state index in [-0.39, 0.29) is 29.8 Å². The lowest BCUT2D eigenvalue weighted by molar-refractivity contribution is -0.140. The molecule has 1 fully saturated rings. The number of para-hydroxylation sites is 1. The number of carbonyl (C=O) groups excluding carboxylic acids is 2. The highest BCUT2D eigenvalue weighted by Gasteiger charge is 2.35. The number of anilines is 1. The van der Waals surface area contributed by atoms with Crippen LogP contribution in [0.2, 0.25) is 0 Å².